The van der Waals surface area contributed by atoms with Crippen LogP contribution in [0.4, 0.5) is 0 Å². The molecule has 0 spiro atoms. The van der Waals surface area contributed by atoms with Crippen molar-refractivity contribution in [1.29, 1.82) is 0 Å². The minimum atomic E-state index is -0.315. The van der Waals surface area contributed by atoms with Crippen LogP contribution in [0.5, 0.6) is 0 Å². The molecule has 0 aliphatic heterocycles. The second kappa shape index (κ2) is 13.1. The van der Waals surface area contributed by atoms with Crippen LogP contribution in [-0.2, 0) is 4.74 Å². The van der Waals surface area contributed by atoms with Gasteiger partial charge in [0, 0.05) is 0 Å². The fraction of sp³-hybridized carbons (Fsp3) is 0.684. The third-order valence-corrected chi connectivity index (χ3v) is 6.02. The van der Waals surface area contributed by atoms with Crippen LogP contribution in [0.25, 0.3) is 0 Å². The van der Waals surface area contributed by atoms with Gasteiger partial charge in [-0.1, -0.05) is 6.92 Å². The molecule has 0 radical (unpaired) electrons. The van der Waals surface area contributed by atoms with Gasteiger partial charge in [-0.2, -0.15) is 0 Å². The first-order valence-corrected chi connectivity index (χ1v) is 10.7. The Morgan fingerprint density at radius 3 is 2.55 bits per heavy atom. The number of aryl methyl sites for hydroxylation is 1. The third kappa shape index (κ3) is 10.4. The van der Waals surface area contributed by atoms with Crippen molar-refractivity contribution in [3.63, 3.8) is 0 Å². The first kappa shape index (κ1) is 19.7. The number of aliphatic hydroxyl groups is 1. The molecule has 22 heavy (non-hydrogen) atoms. The fourth-order valence-electron chi connectivity index (χ4n) is 2.33. The Balaban J connectivity index is 1.94. The van der Waals surface area contributed by atoms with Crippen LogP contribution in [0.3, 0.4) is 0 Å². The van der Waals surface area contributed by atoms with E-state index in [1.165, 1.54) is 48.6 Å². The number of benzene rings is 1. The van der Waals surface area contributed by atoms with Gasteiger partial charge in [0.1, 0.15) is 0 Å². The summed E-state index contributed by atoms with van der Waals surface area (Å²) in [6.45, 7) is 5.65. The first-order valence-electron chi connectivity index (χ1n) is 8.67. The summed E-state index contributed by atoms with van der Waals surface area (Å²) in [4.78, 5) is 0. The predicted octanol–water partition coefficient (Wildman–Crippen LogP) is 3.87. The van der Waals surface area contributed by atoms with Gasteiger partial charge in [-0.25, -0.2) is 0 Å². The topological polar surface area (TPSA) is 29.5 Å². The first-order chi connectivity index (χ1) is 10.7. The van der Waals surface area contributed by atoms with Crippen molar-refractivity contribution in [2.24, 2.45) is 0 Å². The van der Waals surface area contributed by atoms with Gasteiger partial charge in [0.2, 0.25) is 0 Å². The van der Waals surface area contributed by atoms with E-state index in [1.807, 2.05) is 0 Å². The van der Waals surface area contributed by atoms with E-state index in [2.05, 4.69) is 38.1 Å². The average molecular weight is 371 g/mol. The zero-order valence-corrected chi connectivity index (χ0v) is 15.9. The van der Waals surface area contributed by atoms with E-state index in [9.17, 15) is 5.11 Å². The standard InChI is InChI=1S/C19H32O2Se/c1-3-4-5-6-7-8-9-13-21-15-18(20)16-22-19-12-10-11-17(2)14-19/h10-12,14,18,20H,3-9,13,15-16H2,1-2H3. The molecule has 3 heteroatoms. The van der Waals surface area contributed by atoms with Gasteiger partial charge in [-0.15, -0.1) is 0 Å². The molecule has 0 amide bonds. The monoisotopic (exact) mass is 372 g/mol. The van der Waals surface area contributed by atoms with Crippen molar-refractivity contribution in [2.45, 2.75) is 70.2 Å². The second-order valence-electron chi connectivity index (χ2n) is 5.98. The zero-order chi connectivity index (χ0) is 16.0. The summed E-state index contributed by atoms with van der Waals surface area (Å²) in [5.41, 5.74) is 1.30. The van der Waals surface area contributed by atoms with E-state index < -0.39 is 0 Å². The third-order valence-electron chi connectivity index (χ3n) is 3.63. The van der Waals surface area contributed by atoms with Gasteiger partial charge in [0.05, 0.1) is 0 Å². The van der Waals surface area contributed by atoms with Gasteiger partial charge in [-0.05, 0) is 0 Å². The molecule has 1 rings (SSSR count). The van der Waals surface area contributed by atoms with E-state index in [4.69, 9.17) is 4.74 Å². The van der Waals surface area contributed by atoms with Crippen LogP contribution in [0.1, 0.15) is 57.4 Å². The SMILES string of the molecule is CCCCCCCCCOCC(O)C[Se]c1cccc(C)c1. The quantitative estimate of drug-likeness (QED) is 0.421. The molecule has 0 heterocycles. The Morgan fingerprint density at radius 2 is 1.82 bits per heavy atom. The summed E-state index contributed by atoms with van der Waals surface area (Å²) in [6.07, 6.45) is 8.80. The molecule has 0 fully saturated rings. The summed E-state index contributed by atoms with van der Waals surface area (Å²) in [5, 5.41) is 10.8. The Labute approximate surface area is 142 Å². The number of unbranched alkanes of at least 4 members (excludes halogenated alkanes) is 6. The number of aliphatic hydroxyl groups excluding tert-OH is 1. The van der Waals surface area contributed by atoms with Crippen molar-refractivity contribution >= 4 is 19.4 Å². The predicted molar refractivity (Wildman–Crippen MR) is 96.2 cm³/mol. The van der Waals surface area contributed by atoms with E-state index in [1.54, 1.807) is 0 Å². The van der Waals surface area contributed by atoms with E-state index >= 15 is 0 Å². The maximum absolute atomic E-state index is 9.97. The fourth-order valence-corrected chi connectivity index (χ4v) is 4.27. The molecule has 1 N–H and O–H groups in total. The van der Waals surface area contributed by atoms with Crippen molar-refractivity contribution in [3.05, 3.63) is 29.8 Å². The molecule has 0 aliphatic carbocycles. The molecular formula is C19H32O2Se. The Morgan fingerprint density at radius 1 is 1.09 bits per heavy atom. The molecule has 0 bridgehead atoms. The van der Waals surface area contributed by atoms with E-state index in [0.29, 0.717) is 21.6 Å². The Bertz CT molecular complexity index is 381. The molecule has 0 saturated carbocycles. The normalized spacial score (nSPS) is 12.5. The van der Waals surface area contributed by atoms with Crippen molar-refractivity contribution < 1.29 is 9.84 Å². The van der Waals surface area contributed by atoms with Gasteiger partial charge in [0.25, 0.3) is 0 Å². The van der Waals surface area contributed by atoms with Crippen molar-refractivity contribution in [3.8, 4) is 0 Å². The van der Waals surface area contributed by atoms with Gasteiger partial charge in [-0.3, -0.25) is 0 Å². The van der Waals surface area contributed by atoms with E-state index in [0.717, 1.165) is 18.3 Å². The van der Waals surface area contributed by atoms with Crippen LogP contribution in [-0.4, -0.2) is 39.4 Å². The number of hydrogen-bond acceptors (Lipinski definition) is 2. The van der Waals surface area contributed by atoms with Crippen LogP contribution < -0.4 is 4.46 Å². The zero-order valence-electron chi connectivity index (χ0n) is 14.2. The van der Waals surface area contributed by atoms with Crippen LogP contribution in [0, 0.1) is 6.92 Å². The molecule has 1 aromatic rings. The summed E-state index contributed by atoms with van der Waals surface area (Å²) in [6, 6.07) is 8.57. The molecule has 2 nitrogen and oxygen atoms in total. The number of rotatable bonds is 13. The van der Waals surface area contributed by atoms with Gasteiger partial charge >= 0.3 is 136 Å². The summed E-state index contributed by atoms with van der Waals surface area (Å²) in [5.74, 6) is 0. The summed E-state index contributed by atoms with van der Waals surface area (Å²) in [7, 11) is 0. The van der Waals surface area contributed by atoms with Crippen molar-refractivity contribution in [1.82, 2.24) is 0 Å². The van der Waals surface area contributed by atoms with Crippen LogP contribution in [0.2, 0.25) is 5.32 Å². The minimum absolute atomic E-state index is 0.315. The van der Waals surface area contributed by atoms with Gasteiger partial charge in [0.15, 0.2) is 0 Å². The summed E-state index contributed by atoms with van der Waals surface area (Å²) >= 11 is 0.341. The van der Waals surface area contributed by atoms with Gasteiger partial charge < -0.3 is 0 Å². The molecule has 1 aromatic carbocycles. The van der Waals surface area contributed by atoms with Crippen molar-refractivity contribution in [2.75, 3.05) is 13.2 Å². The molecule has 126 valence electrons. The molecule has 0 saturated heterocycles. The van der Waals surface area contributed by atoms with Crippen LogP contribution in [0.15, 0.2) is 24.3 Å². The average Bonchev–Trinajstić information content (AvgIpc) is 2.51. The second-order valence-corrected chi connectivity index (χ2v) is 8.27. The maximum atomic E-state index is 9.97. The number of hydrogen-bond donors (Lipinski definition) is 1. The van der Waals surface area contributed by atoms with Crippen LogP contribution >= 0.6 is 0 Å². The molecule has 0 aromatic heterocycles. The Hall–Kier alpha value is -0.341. The molecule has 0 aliphatic rings. The number of ether oxygens (including phenoxy) is 1. The molecular weight excluding hydrogens is 339 g/mol. The molecule has 1 atom stereocenters. The summed E-state index contributed by atoms with van der Waals surface area (Å²) < 4.78 is 6.96. The van der Waals surface area contributed by atoms with E-state index in [-0.39, 0.29) is 6.10 Å². The Kier molecular flexibility index (Phi) is 11.8. The molecule has 1 unspecified atom stereocenters.